The molecule has 1 amide bonds. The van der Waals surface area contributed by atoms with Crippen LogP contribution in [0.25, 0.3) is 0 Å². The number of carbonyl (C=O) groups excluding carboxylic acids is 1. The second-order valence-corrected chi connectivity index (χ2v) is 6.72. The first-order valence-electron chi connectivity index (χ1n) is 8.30. The van der Waals surface area contributed by atoms with Gasteiger partial charge < -0.3 is 14.2 Å². The second-order valence-electron chi connectivity index (χ2n) is 6.72. The first-order valence-corrected chi connectivity index (χ1v) is 8.30. The molecule has 0 fully saturated rings. The topological polar surface area (TPSA) is 68.5 Å². The predicted octanol–water partition coefficient (Wildman–Crippen LogP) is 2.48. The SMILES string of the molecule is CC(C)Cc1noc(CN(C)C(=O)[C@H]2COc3ccccc3C2)n1. The molecule has 1 aliphatic rings. The molecule has 24 heavy (non-hydrogen) atoms. The number of aromatic nitrogens is 2. The standard InChI is InChI=1S/C18H23N3O3/c1-12(2)8-16-19-17(24-20-16)10-21(3)18(22)14-9-13-6-4-5-7-15(13)23-11-14/h4-7,12,14H,8-11H2,1-3H3/t14-/m1/s1. The van der Waals surface area contributed by atoms with E-state index in [9.17, 15) is 4.79 Å². The summed E-state index contributed by atoms with van der Waals surface area (Å²) >= 11 is 0. The van der Waals surface area contributed by atoms with E-state index in [1.165, 1.54) is 0 Å². The van der Waals surface area contributed by atoms with E-state index in [2.05, 4.69) is 24.0 Å². The van der Waals surface area contributed by atoms with E-state index in [1.807, 2.05) is 24.3 Å². The van der Waals surface area contributed by atoms with E-state index in [0.29, 0.717) is 37.2 Å². The van der Waals surface area contributed by atoms with Gasteiger partial charge in [0.2, 0.25) is 11.8 Å². The van der Waals surface area contributed by atoms with Gasteiger partial charge in [-0.1, -0.05) is 37.2 Å². The molecule has 0 unspecified atom stereocenters. The maximum absolute atomic E-state index is 12.7. The van der Waals surface area contributed by atoms with Crippen LogP contribution in [0.3, 0.4) is 0 Å². The number of para-hydroxylation sites is 1. The molecule has 0 aliphatic carbocycles. The van der Waals surface area contributed by atoms with Gasteiger partial charge in [-0.25, -0.2) is 0 Å². The number of benzene rings is 1. The first kappa shape index (κ1) is 16.5. The van der Waals surface area contributed by atoms with Crippen LogP contribution in [0, 0.1) is 11.8 Å². The molecule has 2 aromatic rings. The summed E-state index contributed by atoms with van der Waals surface area (Å²) in [5.41, 5.74) is 1.08. The lowest BCUT2D eigenvalue weighted by atomic mass is 9.95. The summed E-state index contributed by atoms with van der Waals surface area (Å²) in [7, 11) is 1.76. The fourth-order valence-corrected chi connectivity index (χ4v) is 2.88. The molecule has 6 nitrogen and oxygen atoms in total. The lowest BCUT2D eigenvalue weighted by Gasteiger charge is -2.27. The summed E-state index contributed by atoms with van der Waals surface area (Å²) in [6.45, 7) is 4.93. The highest BCUT2D eigenvalue weighted by Crippen LogP contribution is 2.27. The molecule has 1 aromatic heterocycles. The Morgan fingerprint density at radius 3 is 2.96 bits per heavy atom. The third-order valence-electron chi connectivity index (χ3n) is 4.08. The van der Waals surface area contributed by atoms with Gasteiger partial charge in [-0.05, 0) is 24.0 Å². The lowest BCUT2D eigenvalue weighted by molar-refractivity contribution is -0.136. The Morgan fingerprint density at radius 2 is 2.17 bits per heavy atom. The highest BCUT2D eigenvalue weighted by Gasteiger charge is 2.28. The maximum Gasteiger partial charge on any atom is 0.246 e. The summed E-state index contributed by atoms with van der Waals surface area (Å²) in [5.74, 6) is 2.36. The van der Waals surface area contributed by atoms with Crippen LogP contribution in [-0.4, -0.2) is 34.6 Å². The van der Waals surface area contributed by atoms with Crippen LogP contribution < -0.4 is 4.74 Å². The van der Waals surface area contributed by atoms with Gasteiger partial charge >= 0.3 is 0 Å². The number of carbonyl (C=O) groups is 1. The molecule has 1 atom stereocenters. The number of rotatable bonds is 5. The van der Waals surface area contributed by atoms with Crippen molar-refractivity contribution in [3.8, 4) is 5.75 Å². The Hall–Kier alpha value is -2.37. The largest absolute Gasteiger partial charge is 0.492 e. The van der Waals surface area contributed by atoms with Gasteiger partial charge in [-0.3, -0.25) is 4.79 Å². The Morgan fingerprint density at radius 1 is 1.38 bits per heavy atom. The average Bonchev–Trinajstić information content (AvgIpc) is 2.99. The molecule has 128 valence electrons. The minimum Gasteiger partial charge on any atom is -0.492 e. The van der Waals surface area contributed by atoms with E-state index in [0.717, 1.165) is 17.7 Å². The smallest absolute Gasteiger partial charge is 0.246 e. The Labute approximate surface area is 141 Å². The van der Waals surface area contributed by atoms with Gasteiger partial charge in [-0.2, -0.15) is 4.98 Å². The molecule has 3 rings (SSSR count). The van der Waals surface area contributed by atoms with Crippen molar-refractivity contribution >= 4 is 5.91 Å². The van der Waals surface area contributed by atoms with Gasteiger partial charge in [0.05, 0.1) is 12.5 Å². The minimum absolute atomic E-state index is 0.0353. The van der Waals surface area contributed by atoms with Crippen LogP contribution in [0.1, 0.15) is 31.1 Å². The predicted molar refractivity (Wildman–Crippen MR) is 88.4 cm³/mol. The molecule has 0 N–H and O–H groups in total. The molecule has 0 spiro atoms. The van der Waals surface area contributed by atoms with E-state index >= 15 is 0 Å². The van der Waals surface area contributed by atoms with Crippen LogP contribution in [-0.2, 0) is 24.2 Å². The van der Waals surface area contributed by atoms with Gasteiger partial charge in [0, 0.05) is 13.5 Å². The molecular weight excluding hydrogens is 306 g/mol. The Kier molecular flexibility index (Phi) is 4.83. The van der Waals surface area contributed by atoms with Crippen molar-refractivity contribution in [1.29, 1.82) is 0 Å². The molecule has 0 bridgehead atoms. The van der Waals surface area contributed by atoms with Crippen molar-refractivity contribution < 1.29 is 14.1 Å². The second kappa shape index (κ2) is 7.03. The number of hydrogen-bond donors (Lipinski definition) is 0. The van der Waals surface area contributed by atoms with Crippen molar-refractivity contribution in [3.63, 3.8) is 0 Å². The normalized spacial score (nSPS) is 16.6. The molecule has 1 aliphatic heterocycles. The van der Waals surface area contributed by atoms with E-state index < -0.39 is 0 Å². The van der Waals surface area contributed by atoms with E-state index in [1.54, 1.807) is 11.9 Å². The molecule has 0 saturated carbocycles. The molecule has 0 saturated heterocycles. The zero-order chi connectivity index (χ0) is 17.1. The molecule has 6 heteroatoms. The quantitative estimate of drug-likeness (QED) is 0.843. The minimum atomic E-state index is -0.178. The summed E-state index contributed by atoms with van der Waals surface area (Å²) in [6.07, 6.45) is 1.47. The zero-order valence-corrected chi connectivity index (χ0v) is 14.4. The number of fused-ring (bicyclic) bond motifs is 1. The number of hydrogen-bond acceptors (Lipinski definition) is 5. The monoisotopic (exact) mass is 329 g/mol. The van der Waals surface area contributed by atoms with Crippen LogP contribution >= 0.6 is 0 Å². The summed E-state index contributed by atoms with van der Waals surface area (Å²) < 4.78 is 11.0. The van der Waals surface area contributed by atoms with Gasteiger partial charge in [-0.15, -0.1) is 0 Å². The highest BCUT2D eigenvalue weighted by molar-refractivity contribution is 5.79. The van der Waals surface area contributed by atoms with Crippen LogP contribution in [0.5, 0.6) is 5.75 Å². The van der Waals surface area contributed by atoms with Gasteiger partial charge in [0.15, 0.2) is 5.82 Å². The summed E-state index contributed by atoms with van der Waals surface area (Å²) in [5, 5.41) is 3.96. The van der Waals surface area contributed by atoms with Crippen molar-refractivity contribution in [1.82, 2.24) is 15.0 Å². The van der Waals surface area contributed by atoms with Crippen LogP contribution in [0.15, 0.2) is 28.8 Å². The maximum atomic E-state index is 12.7. The van der Waals surface area contributed by atoms with Crippen molar-refractivity contribution in [2.24, 2.45) is 11.8 Å². The highest BCUT2D eigenvalue weighted by atomic mass is 16.5. The molecule has 1 aromatic carbocycles. The van der Waals surface area contributed by atoms with Crippen LogP contribution in [0.4, 0.5) is 0 Å². The fourth-order valence-electron chi connectivity index (χ4n) is 2.88. The Bertz CT molecular complexity index is 711. The zero-order valence-electron chi connectivity index (χ0n) is 14.4. The summed E-state index contributed by atoms with van der Waals surface area (Å²) in [6, 6.07) is 7.85. The summed E-state index contributed by atoms with van der Waals surface area (Å²) in [4.78, 5) is 18.6. The van der Waals surface area contributed by atoms with Crippen LogP contribution in [0.2, 0.25) is 0 Å². The Balaban J connectivity index is 1.60. The average molecular weight is 329 g/mol. The third-order valence-corrected chi connectivity index (χ3v) is 4.08. The van der Waals surface area contributed by atoms with Crippen molar-refractivity contribution in [2.75, 3.05) is 13.7 Å². The van der Waals surface area contributed by atoms with E-state index in [4.69, 9.17) is 9.26 Å². The first-order chi connectivity index (χ1) is 11.5. The third kappa shape index (κ3) is 3.75. The molecule has 0 radical (unpaired) electrons. The number of nitrogens with zero attached hydrogens (tertiary/aromatic N) is 3. The van der Waals surface area contributed by atoms with Gasteiger partial charge in [0.25, 0.3) is 0 Å². The number of amides is 1. The lowest BCUT2D eigenvalue weighted by Crippen LogP contribution is -2.38. The fraction of sp³-hybridized carbons (Fsp3) is 0.500. The molecule has 2 heterocycles. The van der Waals surface area contributed by atoms with Crippen molar-refractivity contribution in [2.45, 2.75) is 33.2 Å². The van der Waals surface area contributed by atoms with Gasteiger partial charge in [0.1, 0.15) is 12.4 Å². The van der Waals surface area contributed by atoms with E-state index in [-0.39, 0.29) is 11.8 Å². The molecular formula is C18H23N3O3. The number of ether oxygens (including phenoxy) is 1. The van der Waals surface area contributed by atoms with Crippen molar-refractivity contribution in [3.05, 3.63) is 41.5 Å².